The van der Waals surface area contributed by atoms with Crippen LogP contribution < -0.4 is 10.6 Å². The van der Waals surface area contributed by atoms with Gasteiger partial charge in [-0.15, -0.1) is 0 Å². The first kappa shape index (κ1) is 14.0. The molecule has 1 fully saturated rings. The molecule has 1 heterocycles. The highest BCUT2D eigenvalue weighted by Crippen LogP contribution is 2.08. The number of amides is 2. The monoisotopic (exact) mass is 241 g/mol. The Morgan fingerprint density at radius 2 is 1.88 bits per heavy atom. The number of nitrogens with one attached hydrogen (secondary N) is 2. The molecule has 0 spiro atoms. The molecule has 5 heteroatoms. The predicted octanol–water partition coefficient (Wildman–Crippen LogP) is 0.113. The van der Waals surface area contributed by atoms with Crippen molar-refractivity contribution in [1.82, 2.24) is 15.5 Å². The van der Waals surface area contributed by atoms with E-state index in [2.05, 4.69) is 10.6 Å². The summed E-state index contributed by atoms with van der Waals surface area (Å²) in [6.45, 7) is 6.50. The Kier molecular flexibility index (Phi) is 5.97. The molecule has 0 unspecified atom stereocenters. The first-order valence-electron chi connectivity index (χ1n) is 6.37. The van der Waals surface area contributed by atoms with E-state index in [0.717, 1.165) is 25.9 Å². The topological polar surface area (TPSA) is 61.4 Å². The minimum Gasteiger partial charge on any atom is -0.353 e. The third-order valence-electron chi connectivity index (χ3n) is 2.71. The van der Waals surface area contributed by atoms with E-state index in [1.165, 1.54) is 0 Å². The summed E-state index contributed by atoms with van der Waals surface area (Å²) in [7, 11) is 0. The molecule has 0 atom stereocenters. The minimum atomic E-state index is -0.0198. The molecule has 0 aromatic carbocycles. The van der Waals surface area contributed by atoms with Crippen LogP contribution in [0, 0.1) is 0 Å². The van der Waals surface area contributed by atoms with Gasteiger partial charge in [0, 0.05) is 32.1 Å². The van der Waals surface area contributed by atoms with E-state index in [1.54, 1.807) is 0 Å². The maximum atomic E-state index is 11.7. The molecule has 1 aliphatic heterocycles. The molecule has 1 saturated heterocycles. The Hall–Kier alpha value is -1.10. The summed E-state index contributed by atoms with van der Waals surface area (Å²) in [6.07, 6.45) is 2.72. The van der Waals surface area contributed by atoms with E-state index in [0.29, 0.717) is 13.0 Å². The Morgan fingerprint density at radius 3 is 2.47 bits per heavy atom. The van der Waals surface area contributed by atoms with Gasteiger partial charge in [0.2, 0.25) is 11.8 Å². The lowest BCUT2D eigenvalue weighted by Gasteiger charge is -2.15. The van der Waals surface area contributed by atoms with Crippen LogP contribution in [0.4, 0.5) is 0 Å². The van der Waals surface area contributed by atoms with E-state index in [9.17, 15) is 9.59 Å². The predicted molar refractivity (Wildman–Crippen MR) is 66.6 cm³/mol. The first-order valence-corrected chi connectivity index (χ1v) is 6.37. The molecular weight excluding hydrogens is 218 g/mol. The quantitative estimate of drug-likeness (QED) is 0.649. The van der Waals surface area contributed by atoms with Crippen LogP contribution in [0.5, 0.6) is 0 Å². The fourth-order valence-corrected chi connectivity index (χ4v) is 1.89. The number of nitrogens with zero attached hydrogens (tertiary/aromatic N) is 1. The number of likely N-dealkylation sites (tertiary alicyclic amines) is 1. The standard InChI is InChI=1S/C12H23N3O2/c1-10(2)14-11(16)9-13-6-5-12(17)15-7-3-4-8-15/h10,13H,3-9H2,1-2H3,(H,14,16). The molecular formula is C12H23N3O2. The van der Waals surface area contributed by atoms with Crippen LogP contribution in [0.2, 0.25) is 0 Å². The number of hydrogen-bond donors (Lipinski definition) is 2. The Labute approximate surface area is 103 Å². The highest BCUT2D eigenvalue weighted by molar-refractivity contribution is 5.78. The first-order chi connectivity index (χ1) is 8.09. The van der Waals surface area contributed by atoms with Crippen LogP contribution in [0.15, 0.2) is 0 Å². The smallest absolute Gasteiger partial charge is 0.234 e. The van der Waals surface area contributed by atoms with Gasteiger partial charge in [0.05, 0.1) is 6.54 Å². The van der Waals surface area contributed by atoms with E-state index in [-0.39, 0.29) is 24.4 Å². The summed E-state index contributed by atoms with van der Waals surface area (Å²) >= 11 is 0. The van der Waals surface area contributed by atoms with Crippen molar-refractivity contribution in [1.29, 1.82) is 0 Å². The van der Waals surface area contributed by atoms with Crippen LogP contribution in [-0.4, -0.2) is 48.9 Å². The average molecular weight is 241 g/mol. The lowest BCUT2D eigenvalue weighted by atomic mass is 10.3. The zero-order valence-electron chi connectivity index (χ0n) is 10.8. The Bertz CT molecular complexity index is 260. The van der Waals surface area contributed by atoms with E-state index in [4.69, 9.17) is 0 Å². The number of rotatable bonds is 6. The van der Waals surface area contributed by atoms with Crippen molar-refractivity contribution in [2.45, 2.75) is 39.2 Å². The molecule has 0 bridgehead atoms. The lowest BCUT2D eigenvalue weighted by molar-refractivity contribution is -0.130. The molecule has 0 aromatic heterocycles. The largest absolute Gasteiger partial charge is 0.353 e. The second-order valence-corrected chi connectivity index (χ2v) is 4.74. The van der Waals surface area contributed by atoms with Gasteiger partial charge in [0.15, 0.2) is 0 Å². The molecule has 1 aliphatic rings. The van der Waals surface area contributed by atoms with Crippen molar-refractivity contribution < 1.29 is 9.59 Å². The zero-order valence-corrected chi connectivity index (χ0v) is 10.8. The molecule has 1 rings (SSSR count). The molecule has 2 amide bonds. The van der Waals surface area contributed by atoms with Crippen molar-refractivity contribution in [3.8, 4) is 0 Å². The van der Waals surface area contributed by atoms with Gasteiger partial charge in [-0.2, -0.15) is 0 Å². The van der Waals surface area contributed by atoms with E-state index < -0.39 is 0 Å². The summed E-state index contributed by atoms with van der Waals surface area (Å²) in [4.78, 5) is 24.8. The Morgan fingerprint density at radius 1 is 1.24 bits per heavy atom. The zero-order chi connectivity index (χ0) is 12.7. The van der Waals surface area contributed by atoms with Gasteiger partial charge in [0.1, 0.15) is 0 Å². The normalized spacial score (nSPS) is 15.4. The average Bonchev–Trinajstić information content (AvgIpc) is 2.76. The van der Waals surface area contributed by atoms with Crippen molar-refractivity contribution in [2.75, 3.05) is 26.2 Å². The summed E-state index contributed by atoms with van der Waals surface area (Å²) in [6, 6.07) is 0.163. The van der Waals surface area contributed by atoms with Gasteiger partial charge >= 0.3 is 0 Å². The molecule has 98 valence electrons. The third kappa shape index (κ3) is 5.68. The van der Waals surface area contributed by atoms with Gasteiger partial charge in [-0.05, 0) is 26.7 Å². The third-order valence-corrected chi connectivity index (χ3v) is 2.71. The fourth-order valence-electron chi connectivity index (χ4n) is 1.89. The Balaban J connectivity index is 2.03. The van der Waals surface area contributed by atoms with Gasteiger partial charge in [-0.3, -0.25) is 9.59 Å². The van der Waals surface area contributed by atoms with Gasteiger partial charge in [-0.25, -0.2) is 0 Å². The summed E-state index contributed by atoms with van der Waals surface area (Å²) < 4.78 is 0. The van der Waals surface area contributed by atoms with Crippen LogP contribution in [0.3, 0.4) is 0 Å². The molecule has 2 N–H and O–H groups in total. The molecule has 5 nitrogen and oxygen atoms in total. The van der Waals surface area contributed by atoms with Crippen molar-refractivity contribution in [3.63, 3.8) is 0 Å². The van der Waals surface area contributed by atoms with Crippen LogP contribution >= 0.6 is 0 Å². The minimum absolute atomic E-state index is 0.0198. The fraction of sp³-hybridized carbons (Fsp3) is 0.833. The summed E-state index contributed by atoms with van der Waals surface area (Å²) in [5, 5.41) is 5.77. The van der Waals surface area contributed by atoms with Crippen molar-refractivity contribution in [3.05, 3.63) is 0 Å². The highest BCUT2D eigenvalue weighted by atomic mass is 16.2. The highest BCUT2D eigenvalue weighted by Gasteiger charge is 2.16. The van der Waals surface area contributed by atoms with E-state index >= 15 is 0 Å². The van der Waals surface area contributed by atoms with Crippen LogP contribution in [0.25, 0.3) is 0 Å². The SMILES string of the molecule is CC(C)NC(=O)CNCCC(=O)N1CCCC1. The van der Waals surface area contributed by atoms with Gasteiger partial charge in [0.25, 0.3) is 0 Å². The number of carbonyl (C=O) groups excluding carboxylic acids is 2. The second kappa shape index (κ2) is 7.27. The van der Waals surface area contributed by atoms with E-state index in [1.807, 2.05) is 18.7 Å². The molecule has 0 aliphatic carbocycles. The second-order valence-electron chi connectivity index (χ2n) is 4.74. The maximum absolute atomic E-state index is 11.7. The molecule has 0 radical (unpaired) electrons. The van der Waals surface area contributed by atoms with Crippen LogP contribution in [0.1, 0.15) is 33.1 Å². The van der Waals surface area contributed by atoms with Crippen LogP contribution in [-0.2, 0) is 9.59 Å². The summed E-state index contributed by atoms with van der Waals surface area (Å²) in [5.74, 6) is 0.174. The molecule has 17 heavy (non-hydrogen) atoms. The van der Waals surface area contributed by atoms with Crippen molar-refractivity contribution in [2.24, 2.45) is 0 Å². The lowest BCUT2D eigenvalue weighted by Crippen LogP contribution is -2.39. The number of carbonyl (C=O) groups is 2. The van der Waals surface area contributed by atoms with Crippen molar-refractivity contribution >= 4 is 11.8 Å². The van der Waals surface area contributed by atoms with Gasteiger partial charge < -0.3 is 15.5 Å². The summed E-state index contributed by atoms with van der Waals surface area (Å²) in [5.41, 5.74) is 0. The number of hydrogen-bond acceptors (Lipinski definition) is 3. The molecule has 0 saturated carbocycles. The maximum Gasteiger partial charge on any atom is 0.234 e. The van der Waals surface area contributed by atoms with Gasteiger partial charge in [-0.1, -0.05) is 0 Å². The molecule has 0 aromatic rings.